The van der Waals surface area contributed by atoms with Gasteiger partial charge >= 0.3 is 6.47 Å². The third-order valence-corrected chi connectivity index (χ3v) is 0.713. The Morgan fingerprint density at radius 3 is 2.71 bits per heavy atom. The molecule has 0 spiro atoms. The van der Waals surface area contributed by atoms with Gasteiger partial charge in [0.25, 0.3) is 0 Å². The summed E-state index contributed by atoms with van der Waals surface area (Å²) in [5.41, 5.74) is 4.89. The lowest BCUT2D eigenvalue weighted by Crippen LogP contribution is -2.01. The van der Waals surface area contributed by atoms with E-state index in [0.29, 0.717) is 12.0 Å². The summed E-state index contributed by atoms with van der Waals surface area (Å²) in [7, 11) is 0. The number of thiocarbonyl (C=S) groups is 1. The molecule has 0 atom stereocenters. The van der Waals surface area contributed by atoms with Gasteiger partial charge in [-0.1, -0.05) is 0 Å². The molecular formula is C2H3NO2S2. The van der Waals surface area contributed by atoms with Crippen molar-refractivity contribution in [3.05, 3.63) is 0 Å². The molecule has 2 N–H and O–H groups in total. The minimum atomic E-state index is 0.104. The molecule has 0 unspecified atom stereocenters. The molecule has 0 fully saturated rings. The normalized spacial score (nSPS) is 7.43. The monoisotopic (exact) mass is 137 g/mol. The van der Waals surface area contributed by atoms with Crippen LogP contribution in [-0.4, -0.2) is 10.8 Å². The second-order valence-electron chi connectivity index (χ2n) is 0.595. The van der Waals surface area contributed by atoms with Gasteiger partial charge in [-0.25, -0.2) is 0 Å². The van der Waals surface area contributed by atoms with E-state index in [1.165, 1.54) is 0 Å². The standard InChI is InChI=1S/C2H3NO2S2/c3-2(6)7-5-1-4/h1H,(H2,3,6). The molecule has 0 saturated carbocycles. The van der Waals surface area contributed by atoms with Gasteiger partial charge in [-0.05, 0) is 12.2 Å². The number of rotatable bonds is 2. The first-order chi connectivity index (χ1) is 3.27. The van der Waals surface area contributed by atoms with Crippen molar-refractivity contribution >= 4 is 35.1 Å². The predicted octanol–water partition coefficient (Wildman–Crippen LogP) is 0.0512. The van der Waals surface area contributed by atoms with Crippen LogP contribution in [-0.2, 0) is 8.98 Å². The molecule has 0 heterocycles. The fourth-order valence-corrected chi connectivity index (χ4v) is 0.319. The number of nitrogens with two attached hydrogens (primary N) is 1. The summed E-state index contributed by atoms with van der Waals surface area (Å²) in [4.78, 5) is 9.35. The van der Waals surface area contributed by atoms with E-state index in [-0.39, 0.29) is 10.8 Å². The van der Waals surface area contributed by atoms with E-state index in [1.54, 1.807) is 0 Å². The third-order valence-electron chi connectivity index (χ3n) is 0.170. The zero-order chi connectivity index (χ0) is 5.70. The van der Waals surface area contributed by atoms with Crippen molar-refractivity contribution in [2.75, 3.05) is 0 Å². The second-order valence-corrected chi connectivity index (χ2v) is 2.09. The molecule has 40 valence electrons. The molecule has 5 heteroatoms. The van der Waals surface area contributed by atoms with Crippen LogP contribution in [0.2, 0.25) is 0 Å². The van der Waals surface area contributed by atoms with Gasteiger partial charge in [-0.15, -0.1) is 0 Å². The average molecular weight is 137 g/mol. The van der Waals surface area contributed by atoms with Crippen molar-refractivity contribution in [1.82, 2.24) is 0 Å². The molecule has 0 bridgehead atoms. The molecular weight excluding hydrogens is 134 g/mol. The highest BCUT2D eigenvalue weighted by molar-refractivity contribution is 8.20. The van der Waals surface area contributed by atoms with Gasteiger partial charge in [0.15, 0.2) is 4.32 Å². The quantitative estimate of drug-likeness (QED) is 0.331. The first-order valence-corrected chi connectivity index (χ1v) is 2.48. The Labute approximate surface area is 50.4 Å². The van der Waals surface area contributed by atoms with E-state index < -0.39 is 0 Å². The number of hydrogen-bond acceptors (Lipinski definition) is 4. The van der Waals surface area contributed by atoms with Crippen molar-refractivity contribution in [3.63, 3.8) is 0 Å². The van der Waals surface area contributed by atoms with Crippen LogP contribution in [0.5, 0.6) is 0 Å². The van der Waals surface area contributed by atoms with Gasteiger partial charge in [-0.2, -0.15) is 0 Å². The molecule has 0 aromatic carbocycles. The zero-order valence-corrected chi connectivity index (χ0v) is 4.92. The number of carbonyl (C=O) groups excluding carboxylic acids is 1. The maximum Gasteiger partial charge on any atom is 0.305 e. The Hall–Kier alpha value is -0.290. The SMILES string of the molecule is NC(=S)SOC=O. The summed E-state index contributed by atoms with van der Waals surface area (Å²) in [6.45, 7) is 0.268. The van der Waals surface area contributed by atoms with Gasteiger partial charge in [-0.3, -0.25) is 4.79 Å². The van der Waals surface area contributed by atoms with Gasteiger partial charge in [0.2, 0.25) is 0 Å². The Bertz CT molecular complexity index is 83.8. The highest BCUT2D eigenvalue weighted by Crippen LogP contribution is 1.96. The molecule has 0 aliphatic heterocycles. The summed E-state index contributed by atoms with van der Waals surface area (Å²) in [6, 6.07) is 0. The maximum absolute atomic E-state index is 9.35. The topological polar surface area (TPSA) is 52.3 Å². The molecule has 0 amide bonds. The van der Waals surface area contributed by atoms with Crippen LogP contribution < -0.4 is 5.73 Å². The molecule has 3 nitrogen and oxygen atoms in total. The van der Waals surface area contributed by atoms with E-state index in [9.17, 15) is 4.79 Å². The molecule has 0 aliphatic carbocycles. The Morgan fingerprint density at radius 1 is 2.00 bits per heavy atom. The average Bonchev–Trinajstić information content (AvgIpc) is 1.61. The minimum absolute atomic E-state index is 0.104. The van der Waals surface area contributed by atoms with E-state index >= 15 is 0 Å². The van der Waals surface area contributed by atoms with Crippen LogP contribution >= 0.6 is 24.3 Å². The summed E-state index contributed by atoms with van der Waals surface area (Å²) >= 11 is 4.99. The van der Waals surface area contributed by atoms with Crippen molar-refractivity contribution in [2.24, 2.45) is 5.73 Å². The summed E-state index contributed by atoms with van der Waals surface area (Å²) in [6.07, 6.45) is 0. The Kier molecular flexibility index (Phi) is 3.72. The number of hydrogen-bond donors (Lipinski definition) is 1. The first-order valence-electron chi connectivity index (χ1n) is 1.33. The van der Waals surface area contributed by atoms with E-state index in [0.717, 1.165) is 0 Å². The van der Waals surface area contributed by atoms with Gasteiger partial charge < -0.3 is 9.92 Å². The largest absolute Gasteiger partial charge is 0.386 e. The lowest BCUT2D eigenvalue weighted by molar-refractivity contribution is -0.119. The van der Waals surface area contributed by atoms with E-state index in [4.69, 9.17) is 5.73 Å². The van der Waals surface area contributed by atoms with Crippen LogP contribution in [0.1, 0.15) is 0 Å². The highest BCUT2D eigenvalue weighted by Gasteiger charge is 1.85. The molecule has 0 saturated heterocycles. The lowest BCUT2D eigenvalue weighted by atomic mass is 11.5. The fraction of sp³-hybridized carbons (Fsp3) is 0. The first kappa shape index (κ1) is 6.71. The molecule has 0 radical (unpaired) electrons. The zero-order valence-electron chi connectivity index (χ0n) is 3.29. The van der Waals surface area contributed by atoms with Crippen LogP contribution in [0.4, 0.5) is 0 Å². The molecule has 7 heavy (non-hydrogen) atoms. The fourth-order valence-electron chi connectivity index (χ4n) is 0.0671. The van der Waals surface area contributed by atoms with Crippen LogP contribution in [0, 0.1) is 0 Å². The van der Waals surface area contributed by atoms with Gasteiger partial charge in [0, 0.05) is 0 Å². The molecule has 0 rings (SSSR count). The van der Waals surface area contributed by atoms with Crippen LogP contribution in [0.15, 0.2) is 0 Å². The van der Waals surface area contributed by atoms with Crippen LogP contribution in [0.3, 0.4) is 0 Å². The lowest BCUT2D eigenvalue weighted by Gasteiger charge is -1.86. The summed E-state index contributed by atoms with van der Waals surface area (Å²) < 4.78 is 4.17. The second kappa shape index (κ2) is 3.89. The van der Waals surface area contributed by atoms with Gasteiger partial charge in [0.1, 0.15) is 12.0 Å². The Balaban J connectivity index is 2.97. The van der Waals surface area contributed by atoms with Crippen molar-refractivity contribution in [3.8, 4) is 0 Å². The van der Waals surface area contributed by atoms with Crippen molar-refractivity contribution < 1.29 is 8.98 Å². The molecule has 0 aromatic heterocycles. The highest BCUT2D eigenvalue weighted by atomic mass is 32.2. The van der Waals surface area contributed by atoms with E-state index in [1.807, 2.05) is 0 Å². The van der Waals surface area contributed by atoms with E-state index in [2.05, 4.69) is 16.4 Å². The van der Waals surface area contributed by atoms with Crippen molar-refractivity contribution in [2.45, 2.75) is 0 Å². The maximum atomic E-state index is 9.35. The van der Waals surface area contributed by atoms with Crippen molar-refractivity contribution in [1.29, 1.82) is 0 Å². The third kappa shape index (κ3) is 5.71. The summed E-state index contributed by atoms with van der Waals surface area (Å²) in [5.74, 6) is 0. The van der Waals surface area contributed by atoms with Gasteiger partial charge in [0.05, 0.1) is 0 Å². The smallest absolute Gasteiger partial charge is 0.305 e. The van der Waals surface area contributed by atoms with Crippen LogP contribution in [0.25, 0.3) is 0 Å². The molecule has 0 aromatic rings. The predicted molar refractivity (Wildman–Crippen MR) is 31.5 cm³/mol. The number of carbonyl (C=O) groups is 1. The summed E-state index contributed by atoms with van der Waals surface area (Å²) in [5, 5.41) is 0. The Morgan fingerprint density at radius 2 is 2.57 bits per heavy atom. The molecule has 0 aliphatic rings. The minimum Gasteiger partial charge on any atom is -0.386 e.